The molecule has 2 aliphatic rings. The minimum Gasteiger partial charge on any atom is -0.240 e. The minimum atomic E-state index is 0.366. The van der Waals surface area contributed by atoms with Gasteiger partial charge in [-0.2, -0.15) is 0 Å². The molecule has 0 spiro atoms. The number of nitrogens with zero attached hydrogens (tertiary/aromatic N) is 2. The van der Waals surface area contributed by atoms with Crippen LogP contribution in [0.4, 0.5) is 0 Å². The van der Waals surface area contributed by atoms with E-state index in [0.717, 1.165) is 5.84 Å². The molecule has 0 aromatic rings. The molecule has 50 valence electrons. The van der Waals surface area contributed by atoms with Crippen molar-refractivity contribution in [3.63, 3.8) is 0 Å². The van der Waals surface area contributed by atoms with E-state index in [1.807, 2.05) is 12.3 Å². The smallest absolute Gasteiger partial charge is 0.139 e. The number of aliphatic imine (C=N–C) groups is 2. The average molecular weight is 132 g/mol. The van der Waals surface area contributed by atoms with Crippen LogP contribution in [0.5, 0.6) is 0 Å². The molecule has 0 aromatic carbocycles. The third-order valence-electron chi connectivity index (χ3n) is 1.77. The van der Waals surface area contributed by atoms with Gasteiger partial charge in [0, 0.05) is 12.4 Å². The van der Waals surface area contributed by atoms with Gasteiger partial charge in [-0.05, 0) is 18.6 Å². The fourth-order valence-electron chi connectivity index (χ4n) is 1.16. The molecule has 10 heavy (non-hydrogen) atoms. The molecule has 0 bridgehead atoms. The van der Waals surface area contributed by atoms with Crippen LogP contribution in [0, 0.1) is 5.92 Å². The van der Waals surface area contributed by atoms with Gasteiger partial charge in [-0.3, -0.25) is 0 Å². The highest BCUT2D eigenvalue weighted by atomic mass is 14.9. The van der Waals surface area contributed by atoms with E-state index in [9.17, 15) is 0 Å². The highest BCUT2D eigenvalue weighted by Crippen LogP contribution is 2.22. The Kier molecular flexibility index (Phi) is 1.07. The van der Waals surface area contributed by atoms with E-state index in [2.05, 4.69) is 23.0 Å². The third kappa shape index (κ3) is 0.652. The van der Waals surface area contributed by atoms with Crippen LogP contribution in [0.3, 0.4) is 0 Å². The molecule has 1 atom stereocenters. The molecule has 0 amide bonds. The van der Waals surface area contributed by atoms with Crippen molar-refractivity contribution < 1.29 is 0 Å². The molecule has 0 saturated heterocycles. The van der Waals surface area contributed by atoms with Gasteiger partial charge >= 0.3 is 0 Å². The van der Waals surface area contributed by atoms with Crippen LogP contribution in [0.1, 0.15) is 6.92 Å². The molecule has 1 unspecified atom stereocenters. The van der Waals surface area contributed by atoms with E-state index in [1.54, 1.807) is 6.21 Å². The zero-order valence-electron chi connectivity index (χ0n) is 5.78. The van der Waals surface area contributed by atoms with Gasteiger partial charge < -0.3 is 0 Å². The Hall–Kier alpha value is -1.18. The summed E-state index contributed by atoms with van der Waals surface area (Å²) in [6.45, 7) is 2.08. The van der Waals surface area contributed by atoms with Gasteiger partial charge in [0.25, 0.3) is 0 Å². The monoisotopic (exact) mass is 132 g/mol. The molecule has 0 radical (unpaired) electrons. The van der Waals surface area contributed by atoms with Gasteiger partial charge in [-0.25, -0.2) is 9.98 Å². The molecule has 2 nitrogen and oxygen atoms in total. The van der Waals surface area contributed by atoms with E-state index < -0.39 is 0 Å². The van der Waals surface area contributed by atoms with E-state index in [4.69, 9.17) is 0 Å². The lowest BCUT2D eigenvalue weighted by molar-refractivity contribution is 1.03. The number of dihydropyridines is 1. The Labute approximate surface area is 59.7 Å². The molecule has 2 heterocycles. The van der Waals surface area contributed by atoms with Crippen LogP contribution in [-0.2, 0) is 0 Å². The SMILES string of the molecule is CC1=CN=C2N=CC=CC12. The molecule has 0 fully saturated rings. The summed E-state index contributed by atoms with van der Waals surface area (Å²) < 4.78 is 0. The lowest BCUT2D eigenvalue weighted by atomic mass is 10.0. The summed E-state index contributed by atoms with van der Waals surface area (Å²) >= 11 is 0. The number of hydrogen-bond acceptors (Lipinski definition) is 2. The first-order chi connectivity index (χ1) is 4.88. The van der Waals surface area contributed by atoms with Crippen LogP contribution in [-0.4, -0.2) is 12.1 Å². The van der Waals surface area contributed by atoms with E-state index in [-0.39, 0.29) is 0 Å². The van der Waals surface area contributed by atoms with Gasteiger partial charge in [0.15, 0.2) is 0 Å². The largest absolute Gasteiger partial charge is 0.240 e. The zero-order chi connectivity index (χ0) is 6.97. The Morgan fingerprint density at radius 3 is 3.20 bits per heavy atom. The number of rotatable bonds is 0. The summed E-state index contributed by atoms with van der Waals surface area (Å²) in [7, 11) is 0. The zero-order valence-corrected chi connectivity index (χ0v) is 5.78. The van der Waals surface area contributed by atoms with Crippen molar-refractivity contribution in [1.29, 1.82) is 0 Å². The van der Waals surface area contributed by atoms with E-state index >= 15 is 0 Å². The first kappa shape index (κ1) is 5.59. The molecule has 0 aliphatic carbocycles. The van der Waals surface area contributed by atoms with Gasteiger partial charge in [0.05, 0.1) is 5.92 Å². The Morgan fingerprint density at radius 1 is 1.50 bits per heavy atom. The van der Waals surface area contributed by atoms with Crippen LogP contribution in [0.15, 0.2) is 33.9 Å². The van der Waals surface area contributed by atoms with Crippen molar-refractivity contribution in [1.82, 2.24) is 0 Å². The van der Waals surface area contributed by atoms with Crippen molar-refractivity contribution in [2.24, 2.45) is 15.9 Å². The van der Waals surface area contributed by atoms with Gasteiger partial charge in [-0.1, -0.05) is 6.08 Å². The van der Waals surface area contributed by atoms with Gasteiger partial charge in [0.1, 0.15) is 5.84 Å². The predicted molar refractivity (Wildman–Crippen MR) is 42.3 cm³/mol. The minimum absolute atomic E-state index is 0.366. The topological polar surface area (TPSA) is 24.7 Å². The van der Waals surface area contributed by atoms with E-state index in [0.29, 0.717) is 5.92 Å². The average Bonchev–Trinajstić information content (AvgIpc) is 2.34. The van der Waals surface area contributed by atoms with Crippen LogP contribution in [0.25, 0.3) is 0 Å². The second kappa shape index (κ2) is 1.90. The molecular weight excluding hydrogens is 124 g/mol. The number of fused-ring (bicyclic) bond motifs is 1. The normalized spacial score (nSPS) is 27.9. The molecule has 0 aromatic heterocycles. The second-order valence-electron chi connectivity index (χ2n) is 2.50. The van der Waals surface area contributed by atoms with Crippen LogP contribution in [0.2, 0.25) is 0 Å². The second-order valence-corrected chi connectivity index (χ2v) is 2.50. The molecule has 0 N–H and O–H groups in total. The maximum atomic E-state index is 4.14. The third-order valence-corrected chi connectivity index (χ3v) is 1.77. The number of allylic oxidation sites excluding steroid dienone is 1. The fourth-order valence-corrected chi connectivity index (χ4v) is 1.16. The Bertz CT molecular complexity index is 269. The van der Waals surface area contributed by atoms with Crippen molar-refractivity contribution >= 4 is 12.1 Å². The maximum Gasteiger partial charge on any atom is 0.139 e. The van der Waals surface area contributed by atoms with E-state index in [1.165, 1.54) is 5.57 Å². The molecule has 2 heteroatoms. The lowest BCUT2D eigenvalue weighted by Gasteiger charge is -2.08. The highest BCUT2D eigenvalue weighted by Gasteiger charge is 2.19. The molecule has 2 aliphatic heterocycles. The summed E-state index contributed by atoms with van der Waals surface area (Å²) in [5.74, 6) is 1.30. The first-order valence-corrected chi connectivity index (χ1v) is 3.33. The van der Waals surface area contributed by atoms with Gasteiger partial charge in [0.2, 0.25) is 0 Å². The van der Waals surface area contributed by atoms with Crippen molar-refractivity contribution in [3.05, 3.63) is 23.9 Å². The summed E-state index contributed by atoms with van der Waals surface area (Å²) in [6.07, 6.45) is 7.74. The quantitative estimate of drug-likeness (QED) is 0.478. The fraction of sp³-hybridized carbons (Fsp3) is 0.250. The summed E-state index contributed by atoms with van der Waals surface area (Å²) in [5, 5.41) is 0. The van der Waals surface area contributed by atoms with Crippen LogP contribution >= 0.6 is 0 Å². The lowest BCUT2D eigenvalue weighted by Crippen LogP contribution is -2.09. The predicted octanol–water partition coefficient (Wildman–Crippen LogP) is 1.56. The summed E-state index contributed by atoms with van der Waals surface area (Å²) in [4.78, 5) is 8.27. The molecule has 0 saturated carbocycles. The standard InChI is InChI=1S/C8H8N2/c1-6-5-10-8-7(6)3-2-4-9-8/h2-5,7H,1H3. The van der Waals surface area contributed by atoms with Gasteiger partial charge in [-0.15, -0.1) is 0 Å². The Balaban J connectivity index is 2.39. The maximum absolute atomic E-state index is 4.14. The molecule has 2 rings (SSSR count). The van der Waals surface area contributed by atoms with Crippen molar-refractivity contribution in [3.8, 4) is 0 Å². The number of amidine groups is 1. The molecular formula is C8H8N2. The Morgan fingerprint density at radius 2 is 2.40 bits per heavy atom. The summed E-state index contributed by atoms with van der Waals surface area (Å²) in [6, 6.07) is 0. The highest BCUT2D eigenvalue weighted by molar-refractivity contribution is 6.00. The van der Waals surface area contributed by atoms with Crippen LogP contribution < -0.4 is 0 Å². The number of hydrogen-bond donors (Lipinski definition) is 0. The first-order valence-electron chi connectivity index (χ1n) is 3.33. The van der Waals surface area contributed by atoms with Crippen molar-refractivity contribution in [2.45, 2.75) is 6.92 Å². The van der Waals surface area contributed by atoms with Crippen molar-refractivity contribution in [2.75, 3.05) is 0 Å². The summed E-state index contributed by atoms with van der Waals surface area (Å²) in [5.41, 5.74) is 1.28.